The summed E-state index contributed by atoms with van der Waals surface area (Å²) in [6, 6.07) is 13.7. The molecule has 0 aliphatic carbocycles. The number of imide groups is 2. The van der Waals surface area contributed by atoms with E-state index in [1.807, 2.05) is 30.3 Å². The lowest BCUT2D eigenvalue weighted by Gasteiger charge is -2.27. The van der Waals surface area contributed by atoms with Crippen LogP contribution in [0.2, 0.25) is 0 Å². The smallest absolute Gasteiger partial charge is 0.264 e. The molecule has 2 aromatic rings. The zero-order valence-corrected chi connectivity index (χ0v) is 14.4. The Bertz CT molecular complexity index is 955. The number of carbonyl (C=O) groups is 4. The van der Waals surface area contributed by atoms with Crippen molar-refractivity contribution in [3.8, 4) is 0 Å². The minimum Gasteiger partial charge on any atom is -0.380 e. The van der Waals surface area contributed by atoms with Gasteiger partial charge in [0.25, 0.3) is 11.8 Å². The topological polar surface area (TPSA) is 95.6 Å². The normalized spacial score (nSPS) is 19.1. The third-order valence-electron chi connectivity index (χ3n) is 4.79. The third-order valence-corrected chi connectivity index (χ3v) is 4.79. The molecule has 2 N–H and O–H groups in total. The van der Waals surface area contributed by atoms with E-state index in [2.05, 4.69) is 10.6 Å². The van der Waals surface area contributed by atoms with Gasteiger partial charge in [0, 0.05) is 18.7 Å². The van der Waals surface area contributed by atoms with E-state index in [1.54, 1.807) is 18.2 Å². The van der Waals surface area contributed by atoms with Crippen LogP contribution >= 0.6 is 0 Å². The average Bonchev–Trinajstić information content (AvgIpc) is 2.93. The van der Waals surface area contributed by atoms with E-state index in [1.165, 1.54) is 0 Å². The third kappa shape index (κ3) is 2.97. The maximum atomic E-state index is 13.0. The number of anilines is 1. The number of benzene rings is 2. The summed E-state index contributed by atoms with van der Waals surface area (Å²) in [6.07, 6.45) is 0.242. The molecule has 7 nitrogen and oxygen atoms in total. The first-order valence-corrected chi connectivity index (χ1v) is 8.68. The molecule has 1 saturated heterocycles. The van der Waals surface area contributed by atoms with Crippen molar-refractivity contribution in [2.24, 2.45) is 0 Å². The van der Waals surface area contributed by atoms with Gasteiger partial charge < -0.3 is 5.32 Å². The molecule has 0 spiro atoms. The summed E-state index contributed by atoms with van der Waals surface area (Å²) in [5, 5.41) is 5.40. The summed E-state index contributed by atoms with van der Waals surface area (Å²) in [7, 11) is 0. The number of carbonyl (C=O) groups excluding carboxylic acids is 4. The van der Waals surface area contributed by atoms with Crippen molar-refractivity contribution >= 4 is 29.3 Å². The number of nitrogens with zero attached hydrogens (tertiary/aromatic N) is 1. The Balaban J connectivity index is 1.61. The van der Waals surface area contributed by atoms with Crippen LogP contribution in [-0.4, -0.2) is 34.6 Å². The molecule has 27 heavy (non-hydrogen) atoms. The SMILES string of the molecule is O=C1CC[C@H](N2C(=O)c3cccc(NCc4ccccc4)c3C2=O)C(=O)N1. The van der Waals surface area contributed by atoms with E-state index >= 15 is 0 Å². The fourth-order valence-electron chi connectivity index (χ4n) is 3.46. The van der Waals surface area contributed by atoms with Crippen LogP contribution in [0.4, 0.5) is 5.69 Å². The minimum atomic E-state index is -0.961. The van der Waals surface area contributed by atoms with Gasteiger partial charge in [0.2, 0.25) is 11.8 Å². The first kappa shape index (κ1) is 17.0. The van der Waals surface area contributed by atoms with Gasteiger partial charge in [-0.2, -0.15) is 0 Å². The molecule has 0 saturated carbocycles. The van der Waals surface area contributed by atoms with Crippen LogP contribution in [0.5, 0.6) is 0 Å². The molecule has 2 aliphatic heterocycles. The Morgan fingerprint density at radius 2 is 1.74 bits per heavy atom. The number of hydrogen-bond acceptors (Lipinski definition) is 5. The highest BCUT2D eigenvalue weighted by Crippen LogP contribution is 2.32. The molecule has 0 bridgehead atoms. The molecule has 0 unspecified atom stereocenters. The van der Waals surface area contributed by atoms with Crippen molar-refractivity contribution in [3.63, 3.8) is 0 Å². The minimum absolute atomic E-state index is 0.100. The predicted molar refractivity (Wildman–Crippen MR) is 96.9 cm³/mol. The molecule has 7 heteroatoms. The van der Waals surface area contributed by atoms with Crippen LogP contribution in [0.15, 0.2) is 48.5 Å². The summed E-state index contributed by atoms with van der Waals surface area (Å²) in [4.78, 5) is 50.2. The molecule has 0 radical (unpaired) electrons. The number of amides is 4. The molecule has 2 aromatic carbocycles. The van der Waals surface area contributed by atoms with E-state index < -0.39 is 29.7 Å². The molecule has 4 amide bonds. The molecular formula is C20H17N3O4. The van der Waals surface area contributed by atoms with Gasteiger partial charge in [-0.3, -0.25) is 29.4 Å². The molecule has 136 valence electrons. The van der Waals surface area contributed by atoms with Crippen LogP contribution in [0.25, 0.3) is 0 Å². The molecule has 1 fully saturated rings. The second-order valence-corrected chi connectivity index (χ2v) is 6.51. The monoisotopic (exact) mass is 363 g/mol. The Morgan fingerprint density at radius 1 is 0.963 bits per heavy atom. The Morgan fingerprint density at radius 3 is 2.48 bits per heavy atom. The summed E-state index contributed by atoms with van der Waals surface area (Å²) in [6.45, 7) is 0.497. The van der Waals surface area contributed by atoms with E-state index in [4.69, 9.17) is 0 Å². The van der Waals surface area contributed by atoms with Crippen LogP contribution in [0.3, 0.4) is 0 Å². The maximum absolute atomic E-state index is 13.0. The highest BCUT2D eigenvalue weighted by molar-refractivity contribution is 6.25. The van der Waals surface area contributed by atoms with Crippen molar-refractivity contribution in [2.45, 2.75) is 25.4 Å². The Hall–Kier alpha value is -3.48. The van der Waals surface area contributed by atoms with Crippen LogP contribution in [-0.2, 0) is 16.1 Å². The van der Waals surface area contributed by atoms with Crippen LogP contribution in [0.1, 0.15) is 39.1 Å². The zero-order valence-electron chi connectivity index (χ0n) is 14.4. The van der Waals surface area contributed by atoms with E-state index in [0.29, 0.717) is 12.2 Å². The fourth-order valence-corrected chi connectivity index (χ4v) is 3.46. The van der Waals surface area contributed by atoms with Crippen LogP contribution < -0.4 is 10.6 Å². The largest absolute Gasteiger partial charge is 0.380 e. The second-order valence-electron chi connectivity index (χ2n) is 6.51. The van der Waals surface area contributed by atoms with E-state index in [0.717, 1.165) is 10.5 Å². The highest BCUT2D eigenvalue weighted by Gasteiger charge is 2.45. The van der Waals surface area contributed by atoms with Gasteiger partial charge in [-0.05, 0) is 24.1 Å². The quantitative estimate of drug-likeness (QED) is 0.806. The summed E-state index contributed by atoms with van der Waals surface area (Å²) in [5.74, 6) is -2.02. The first-order valence-electron chi connectivity index (χ1n) is 8.68. The van der Waals surface area contributed by atoms with Gasteiger partial charge in [-0.25, -0.2) is 0 Å². The van der Waals surface area contributed by atoms with Gasteiger partial charge in [0.15, 0.2) is 0 Å². The number of nitrogens with one attached hydrogen (secondary N) is 2. The standard InChI is InChI=1S/C20H17N3O4/c24-16-10-9-15(18(25)22-16)23-19(26)13-7-4-8-14(17(13)20(23)27)21-11-12-5-2-1-3-6-12/h1-8,15,21H,9-11H2,(H,22,24,25)/t15-/m0/s1. The van der Waals surface area contributed by atoms with Gasteiger partial charge in [-0.1, -0.05) is 36.4 Å². The Labute approximate surface area is 155 Å². The van der Waals surface area contributed by atoms with Crippen LogP contribution in [0, 0.1) is 0 Å². The number of hydrogen-bond donors (Lipinski definition) is 2. The number of rotatable bonds is 4. The lowest BCUT2D eigenvalue weighted by Crippen LogP contribution is -2.54. The molecule has 2 heterocycles. The molecular weight excluding hydrogens is 346 g/mol. The van der Waals surface area contributed by atoms with Gasteiger partial charge in [0.05, 0.1) is 11.1 Å². The van der Waals surface area contributed by atoms with Crippen molar-refractivity contribution in [2.75, 3.05) is 5.32 Å². The van der Waals surface area contributed by atoms with Crippen molar-refractivity contribution in [1.82, 2.24) is 10.2 Å². The van der Waals surface area contributed by atoms with Gasteiger partial charge >= 0.3 is 0 Å². The predicted octanol–water partition coefficient (Wildman–Crippen LogP) is 1.70. The fraction of sp³-hybridized carbons (Fsp3) is 0.200. The van der Waals surface area contributed by atoms with Crippen molar-refractivity contribution < 1.29 is 19.2 Å². The van der Waals surface area contributed by atoms with Gasteiger partial charge in [0.1, 0.15) is 6.04 Å². The molecule has 0 aromatic heterocycles. The summed E-state index contributed by atoms with van der Waals surface area (Å²) >= 11 is 0. The maximum Gasteiger partial charge on any atom is 0.264 e. The van der Waals surface area contributed by atoms with Crippen molar-refractivity contribution in [1.29, 1.82) is 0 Å². The summed E-state index contributed by atoms with van der Waals surface area (Å²) in [5.41, 5.74) is 2.12. The Kier molecular flexibility index (Phi) is 4.19. The lowest BCUT2D eigenvalue weighted by molar-refractivity contribution is -0.136. The second kappa shape index (κ2) is 6.68. The van der Waals surface area contributed by atoms with E-state index in [-0.39, 0.29) is 24.0 Å². The zero-order chi connectivity index (χ0) is 19.0. The number of piperidine rings is 1. The molecule has 4 rings (SSSR count). The number of fused-ring (bicyclic) bond motifs is 1. The highest BCUT2D eigenvalue weighted by atomic mass is 16.2. The first-order chi connectivity index (χ1) is 13.1. The molecule has 2 aliphatic rings. The summed E-state index contributed by atoms with van der Waals surface area (Å²) < 4.78 is 0. The van der Waals surface area contributed by atoms with Crippen molar-refractivity contribution in [3.05, 3.63) is 65.2 Å². The molecule has 1 atom stereocenters. The lowest BCUT2D eigenvalue weighted by atomic mass is 10.0. The average molecular weight is 363 g/mol. The van der Waals surface area contributed by atoms with E-state index in [9.17, 15) is 19.2 Å². The van der Waals surface area contributed by atoms with Gasteiger partial charge in [-0.15, -0.1) is 0 Å².